The third kappa shape index (κ3) is 1.33. The lowest BCUT2D eigenvalue weighted by Crippen LogP contribution is -1.92. The Morgan fingerprint density at radius 3 is 2.88 bits per heavy atom. The monoisotopic (exact) mass is 275 g/mol. The molecule has 0 bridgehead atoms. The van der Waals surface area contributed by atoms with Gasteiger partial charge in [-0.2, -0.15) is 5.10 Å². The van der Waals surface area contributed by atoms with Crippen LogP contribution in [-0.2, 0) is 7.05 Å². The molecule has 80 valence electrons. The molecule has 0 saturated heterocycles. The summed E-state index contributed by atoms with van der Waals surface area (Å²) in [6, 6.07) is 8.24. The highest BCUT2D eigenvalue weighted by molar-refractivity contribution is 9.10. The number of fused-ring (bicyclic) bond motifs is 2. The fraction of sp³-hybridized carbons (Fsp3) is 0.167. The normalized spacial score (nSPS) is 11.4. The summed E-state index contributed by atoms with van der Waals surface area (Å²) < 4.78 is 2.90. The zero-order chi connectivity index (χ0) is 11.3. The molecule has 2 aromatic heterocycles. The van der Waals surface area contributed by atoms with E-state index >= 15 is 0 Å². The molecule has 4 heteroatoms. The Labute approximate surface area is 101 Å². The van der Waals surface area contributed by atoms with Gasteiger partial charge in [-0.05, 0) is 31.2 Å². The maximum Gasteiger partial charge on any atom is 0.158 e. The van der Waals surface area contributed by atoms with Gasteiger partial charge in [-0.15, -0.1) is 0 Å². The minimum absolute atomic E-state index is 0.937. The maximum atomic E-state index is 4.62. The number of hydrogen-bond acceptors (Lipinski definition) is 2. The molecule has 0 unspecified atom stereocenters. The average molecular weight is 276 g/mol. The number of benzene rings is 1. The fourth-order valence-corrected chi connectivity index (χ4v) is 2.36. The first-order valence-corrected chi connectivity index (χ1v) is 5.84. The maximum absolute atomic E-state index is 4.62. The van der Waals surface area contributed by atoms with Crippen LogP contribution in [0.25, 0.3) is 21.9 Å². The van der Waals surface area contributed by atoms with E-state index in [0.717, 1.165) is 32.1 Å². The second kappa shape index (κ2) is 3.28. The molecular formula is C12H10BrN3. The molecule has 0 N–H and O–H groups in total. The van der Waals surface area contributed by atoms with Crippen molar-refractivity contribution in [1.82, 2.24) is 14.8 Å². The van der Waals surface area contributed by atoms with Crippen LogP contribution in [0.4, 0.5) is 0 Å². The van der Waals surface area contributed by atoms with Crippen molar-refractivity contribution in [3.63, 3.8) is 0 Å². The van der Waals surface area contributed by atoms with Gasteiger partial charge in [-0.1, -0.05) is 15.9 Å². The van der Waals surface area contributed by atoms with Gasteiger partial charge in [-0.25, -0.2) is 4.98 Å². The Morgan fingerprint density at radius 2 is 2.06 bits per heavy atom. The van der Waals surface area contributed by atoms with Crippen molar-refractivity contribution in [3.8, 4) is 0 Å². The summed E-state index contributed by atoms with van der Waals surface area (Å²) in [6.45, 7) is 2.01. The minimum atomic E-state index is 0.937. The summed E-state index contributed by atoms with van der Waals surface area (Å²) >= 11 is 3.47. The number of rotatable bonds is 0. The molecule has 3 nitrogen and oxygen atoms in total. The highest BCUT2D eigenvalue weighted by atomic mass is 79.9. The van der Waals surface area contributed by atoms with Crippen molar-refractivity contribution in [2.75, 3.05) is 0 Å². The van der Waals surface area contributed by atoms with Gasteiger partial charge in [-0.3, -0.25) is 4.68 Å². The summed E-state index contributed by atoms with van der Waals surface area (Å²) in [4.78, 5) is 4.62. The predicted molar refractivity (Wildman–Crippen MR) is 68.5 cm³/mol. The lowest BCUT2D eigenvalue weighted by Gasteiger charge is -1.99. The Kier molecular flexibility index (Phi) is 2.01. The molecule has 0 saturated carbocycles. The molecule has 2 heterocycles. The van der Waals surface area contributed by atoms with E-state index in [-0.39, 0.29) is 0 Å². The van der Waals surface area contributed by atoms with Crippen LogP contribution >= 0.6 is 15.9 Å². The lowest BCUT2D eigenvalue weighted by molar-refractivity contribution is 0.775. The first kappa shape index (κ1) is 9.78. The van der Waals surface area contributed by atoms with Crippen molar-refractivity contribution >= 4 is 37.9 Å². The Balaban J connectivity index is 2.51. The largest absolute Gasteiger partial charge is 0.250 e. The van der Waals surface area contributed by atoms with E-state index in [9.17, 15) is 0 Å². The molecule has 0 amide bonds. The van der Waals surface area contributed by atoms with Crippen LogP contribution in [0, 0.1) is 6.92 Å². The number of halogens is 1. The molecular weight excluding hydrogens is 266 g/mol. The zero-order valence-corrected chi connectivity index (χ0v) is 10.6. The van der Waals surface area contributed by atoms with Gasteiger partial charge >= 0.3 is 0 Å². The SMILES string of the molecule is Cc1nn(C)c2nc3ccc(Br)cc3cc12. The van der Waals surface area contributed by atoms with Crippen molar-refractivity contribution in [3.05, 3.63) is 34.4 Å². The molecule has 0 aliphatic rings. The van der Waals surface area contributed by atoms with Crippen LogP contribution in [0.2, 0.25) is 0 Å². The molecule has 0 spiro atoms. The highest BCUT2D eigenvalue weighted by Gasteiger charge is 2.07. The summed E-state index contributed by atoms with van der Waals surface area (Å²) in [6.07, 6.45) is 0. The van der Waals surface area contributed by atoms with Gasteiger partial charge in [0.25, 0.3) is 0 Å². The van der Waals surface area contributed by atoms with E-state index in [0.29, 0.717) is 0 Å². The number of nitrogens with zero attached hydrogens (tertiary/aromatic N) is 3. The first-order chi connectivity index (χ1) is 7.65. The lowest BCUT2D eigenvalue weighted by atomic mass is 10.2. The van der Waals surface area contributed by atoms with Crippen LogP contribution in [-0.4, -0.2) is 14.8 Å². The second-order valence-corrected chi connectivity index (χ2v) is 4.82. The van der Waals surface area contributed by atoms with Crippen molar-refractivity contribution < 1.29 is 0 Å². The standard InChI is InChI=1S/C12H10BrN3/c1-7-10-6-8-5-9(13)3-4-11(8)14-12(10)16(2)15-7/h3-6H,1-2H3. The van der Waals surface area contributed by atoms with Gasteiger partial charge < -0.3 is 0 Å². The molecule has 0 fully saturated rings. The third-order valence-electron chi connectivity index (χ3n) is 2.75. The minimum Gasteiger partial charge on any atom is -0.250 e. The van der Waals surface area contributed by atoms with E-state index in [2.05, 4.69) is 38.1 Å². The fourth-order valence-electron chi connectivity index (χ4n) is 1.98. The molecule has 3 aromatic rings. The van der Waals surface area contributed by atoms with Gasteiger partial charge in [0.15, 0.2) is 5.65 Å². The van der Waals surface area contributed by atoms with Crippen LogP contribution in [0.3, 0.4) is 0 Å². The molecule has 3 rings (SSSR count). The zero-order valence-electron chi connectivity index (χ0n) is 9.03. The molecule has 16 heavy (non-hydrogen) atoms. The van der Waals surface area contributed by atoms with Gasteiger partial charge in [0.1, 0.15) is 0 Å². The molecule has 0 radical (unpaired) electrons. The van der Waals surface area contributed by atoms with Crippen molar-refractivity contribution in [1.29, 1.82) is 0 Å². The molecule has 1 aromatic carbocycles. The van der Waals surface area contributed by atoms with Crippen molar-refractivity contribution in [2.24, 2.45) is 7.05 Å². The first-order valence-electron chi connectivity index (χ1n) is 5.05. The number of aryl methyl sites for hydroxylation is 2. The van der Waals surface area contributed by atoms with Crippen molar-refractivity contribution in [2.45, 2.75) is 6.92 Å². The summed E-state index contributed by atoms with van der Waals surface area (Å²) in [5.41, 5.74) is 2.96. The molecule has 0 aliphatic carbocycles. The molecule has 0 atom stereocenters. The average Bonchev–Trinajstić information content (AvgIpc) is 2.52. The highest BCUT2D eigenvalue weighted by Crippen LogP contribution is 2.24. The van der Waals surface area contributed by atoms with E-state index in [4.69, 9.17) is 0 Å². The number of aromatic nitrogens is 3. The number of pyridine rings is 1. The topological polar surface area (TPSA) is 30.7 Å². The van der Waals surface area contributed by atoms with E-state index in [1.165, 1.54) is 0 Å². The van der Waals surface area contributed by atoms with Crippen LogP contribution < -0.4 is 0 Å². The molecule has 0 aliphatic heterocycles. The summed E-state index contributed by atoms with van der Waals surface area (Å²) in [5.74, 6) is 0. The van der Waals surface area contributed by atoms with Crippen LogP contribution in [0.15, 0.2) is 28.7 Å². The van der Waals surface area contributed by atoms with E-state index in [1.807, 2.05) is 30.8 Å². The van der Waals surface area contributed by atoms with Crippen LogP contribution in [0.5, 0.6) is 0 Å². The third-order valence-corrected chi connectivity index (χ3v) is 3.25. The van der Waals surface area contributed by atoms with Gasteiger partial charge in [0.05, 0.1) is 11.2 Å². The second-order valence-electron chi connectivity index (χ2n) is 3.91. The Morgan fingerprint density at radius 1 is 1.25 bits per heavy atom. The Hall–Kier alpha value is -1.42. The van der Waals surface area contributed by atoms with Gasteiger partial charge in [0, 0.05) is 22.3 Å². The predicted octanol–water partition coefficient (Wildman–Crippen LogP) is 3.19. The van der Waals surface area contributed by atoms with E-state index < -0.39 is 0 Å². The quantitative estimate of drug-likeness (QED) is 0.631. The van der Waals surface area contributed by atoms with Gasteiger partial charge in [0.2, 0.25) is 0 Å². The van der Waals surface area contributed by atoms with Crippen LogP contribution in [0.1, 0.15) is 5.69 Å². The number of hydrogen-bond donors (Lipinski definition) is 0. The summed E-state index contributed by atoms with van der Waals surface area (Å²) in [7, 11) is 1.92. The Bertz CT molecular complexity index is 700. The van der Waals surface area contributed by atoms with E-state index in [1.54, 1.807) is 0 Å². The summed E-state index contributed by atoms with van der Waals surface area (Å²) in [5, 5.41) is 6.63. The smallest absolute Gasteiger partial charge is 0.158 e.